The second-order valence-electron chi connectivity index (χ2n) is 8.63. The fourth-order valence-electron chi connectivity index (χ4n) is 4.52. The van der Waals surface area contributed by atoms with Crippen LogP contribution < -0.4 is 10.6 Å². The van der Waals surface area contributed by atoms with Crippen LogP contribution in [0, 0.1) is 11.8 Å². The number of carbonyl (C=O) groups is 2. The average molecular weight is 419 g/mol. The van der Waals surface area contributed by atoms with Gasteiger partial charge in [-0.15, -0.1) is 0 Å². The highest BCUT2D eigenvalue weighted by atomic mass is 16.2. The van der Waals surface area contributed by atoms with Crippen LogP contribution in [-0.4, -0.2) is 28.6 Å². The number of rotatable bonds is 7. The highest BCUT2D eigenvalue weighted by Gasteiger charge is 2.37. The van der Waals surface area contributed by atoms with Crippen LogP contribution in [0.3, 0.4) is 0 Å². The van der Waals surface area contributed by atoms with Crippen molar-refractivity contribution in [1.82, 2.24) is 15.6 Å². The normalized spacial score (nSPS) is 21.3. The third-order valence-corrected chi connectivity index (χ3v) is 6.63. The number of nitrogens with zero attached hydrogens (tertiary/aromatic N) is 2. The van der Waals surface area contributed by atoms with Crippen molar-refractivity contribution in [3.63, 3.8) is 0 Å². The molecule has 6 heteroatoms. The lowest BCUT2D eigenvalue weighted by Gasteiger charge is -2.30. The van der Waals surface area contributed by atoms with Crippen LogP contribution in [0.1, 0.15) is 56.6 Å². The Labute approximate surface area is 183 Å². The fourth-order valence-corrected chi connectivity index (χ4v) is 4.52. The molecule has 2 heterocycles. The molecule has 1 fully saturated rings. The molecule has 2 amide bonds. The lowest BCUT2D eigenvalue weighted by atomic mass is 9.77. The smallest absolute Gasteiger partial charge is 0.243 e. The summed E-state index contributed by atoms with van der Waals surface area (Å²) in [6, 6.07) is 11.4. The molecule has 0 saturated heterocycles. The van der Waals surface area contributed by atoms with Crippen molar-refractivity contribution in [1.29, 1.82) is 0 Å². The minimum absolute atomic E-state index is 0.0206. The van der Waals surface area contributed by atoms with E-state index in [0.717, 1.165) is 36.9 Å². The number of aromatic nitrogens is 1. The zero-order chi connectivity index (χ0) is 21.8. The van der Waals surface area contributed by atoms with Crippen molar-refractivity contribution in [2.24, 2.45) is 16.8 Å². The Bertz CT molecular complexity index is 972. The van der Waals surface area contributed by atoms with Gasteiger partial charge in [0, 0.05) is 36.5 Å². The summed E-state index contributed by atoms with van der Waals surface area (Å²) in [6.45, 7) is 4.47. The molecule has 0 spiro atoms. The van der Waals surface area contributed by atoms with Gasteiger partial charge in [-0.1, -0.05) is 38.5 Å². The Morgan fingerprint density at radius 3 is 2.71 bits per heavy atom. The number of hydrogen-bond donors (Lipinski definition) is 2. The quantitative estimate of drug-likeness (QED) is 0.715. The number of fused-ring (bicyclic) bond motifs is 3. The van der Waals surface area contributed by atoms with Gasteiger partial charge in [-0.3, -0.25) is 19.6 Å². The Kier molecular flexibility index (Phi) is 6.44. The largest absolute Gasteiger partial charge is 0.350 e. The molecule has 2 aliphatic rings. The number of benzene rings is 1. The number of hydrogen-bond acceptors (Lipinski definition) is 4. The molecule has 1 aliphatic carbocycles. The lowest BCUT2D eigenvalue weighted by Crippen LogP contribution is -2.52. The van der Waals surface area contributed by atoms with Crippen molar-refractivity contribution in [3.8, 4) is 0 Å². The highest BCUT2D eigenvalue weighted by molar-refractivity contribution is 6.00. The van der Waals surface area contributed by atoms with E-state index in [9.17, 15) is 9.59 Å². The van der Waals surface area contributed by atoms with E-state index in [1.807, 2.05) is 44.2 Å². The third kappa shape index (κ3) is 4.68. The molecule has 0 bridgehead atoms. The van der Waals surface area contributed by atoms with Crippen molar-refractivity contribution < 1.29 is 9.59 Å². The summed E-state index contributed by atoms with van der Waals surface area (Å²) in [5.41, 5.74) is 4.44. The van der Waals surface area contributed by atoms with E-state index in [0.29, 0.717) is 6.54 Å². The molecule has 31 heavy (non-hydrogen) atoms. The van der Waals surface area contributed by atoms with E-state index >= 15 is 0 Å². The first-order valence-electron chi connectivity index (χ1n) is 11.2. The summed E-state index contributed by atoms with van der Waals surface area (Å²) in [5, 5.41) is 6.05. The summed E-state index contributed by atoms with van der Waals surface area (Å²) in [4.78, 5) is 34.9. The third-order valence-electron chi connectivity index (χ3n) is 6.63. The van der Waals surface area contributed by atoms with E-state index in [1.165, 1.54) is 11.3 Å². The van der Waals surface area contributed by atoms with E-state index in [-0.39, 0.29) is 29.6 Å². The number of amides is 2. The molecule has 1 aliphatic heterocycles. The van der Waals surface area contributed by atoms with Gasteiger partial charge in [0.25, 0.3) is 0 Å². The number of aliphatic imine (C=N–C) groups is 1. The standard InChI is InChI=1S/C25H30N4O2/c1-3-16(2)23(25(31)27-15-17-10-12-26-13-11-17)29-24(30)18-8-9-22-20(14-18)19-6-4-5-7-21(19)28-22/h4-7,10-13,16,18,20,23H,3,8-9,14-15H2,1-2H3,(H,27,31)(H,29,30)/t16?,18?,20?,23-/m0/s1. The van der Waals surface area contributed by atoms with Gasteiger partial charge in [0.15, 0.2) is 0 Å². The molecular weight excluding hydrogens is 388 g/mol. The molecule has 4 atom stereocenters. The number of nitrogens with one attached hydrogen (secondary N) is 2. The monoisotopic (exact) mass is 418 g/mol. The SMILES string of the molecule is CCC(C)[C@H](NC(=O)C1CCC2=Nc3ccccc3C2C1)C(=O)NCc1ccncc1. The van der Waals surface area contributed by atoms with Crippen molar-refractivity contribution in [3.05, 3.63) is 59.9 Å². The van der Waals surface area contributed by atoms with Gasteiger partial charge in [-0.05, 0) is 54.5 Å². The van der Waals surface area contributed by atoms with Crippen LogP contribution in [0.5, 0.6) is 0 Å². The van der Waals surface area contributed by atoms with Gasteiger partial charge in [-0.25, -0.2) is 0 Å². The van der Waals surface area contributed by atoms with Crippen molar-refractivity contribution in [2.45, 2.75) is 58.0 Å². The molecule has 3 unspecified atom stereocenters. The van der Waals surface area contributed by atoms with Gasteiger partial charge in [0.1, 0.15) is 6.04 Å². The summed E-state index contributed by atoms with van der Waals surface area (Å²) in [5.74, 6) is 0.0174. The number of pyridine rings is 1. The van der Waals surface area contributed by atoms with Crippen LogP contribution in [0.25, 0.3) is 0 Å². The zero-order valence-electron chi connectivity index (χ0n) is 18.2. The maximum atomic E-state index is 13.2. The first kappa shape index (κ1) is 21.2. The summed E-state index contributed by atoms with van der Waals surface area (Å²) in [6.07, 6.45) is 6.59. The highest BCUT2D eigenvalue weighted by Crippen LogP contribution is 2.44. The van der Waals surface area contributed by atoms with Crippen LogP contribution >= 0.6 is 0 Å². The maximum Gasteiger partial charge on any atom is 0.243 e. The molecule has 1 aromatic carbocycles. The van der Waals surface area contributed by atoms with E-state index in [1.54, 1.807) is 12.4 Å². The van der Waals surface area contributed by atoms with Crippen LogP contribution in [0.4, 0.5) is 5.69 Å². The maximum absolute atomic E-state index is 13.2. The summed E-state index contributed by atoms with van der Waals surface area (Å²) >= 11 is 0. The second-order valence-corrected chi connectivity index (χ2v) is 8.63. The number of carbonyl (C=O) groups excluding carboxylic acids is 2. The van der Waals surface area contributed by atoms with Crippen LogP contribution in [-0.2, 0) is 16.1 Å². The Balaban J connectivity index is 1.40. The molecule has 6 nitrogen and oxygen atoms in total. The summed E-state index contributed by atoms with van der Waals surface area (Å²) in [7, 11) is 0. The fraction of sp³-hybridized carbons (Fsp3) is 0.440. The van der Waals surface area contributed by atoms with Crippen molar-refractivity contribution in [2.75, 3.05) is 0 Å². The topological polar surface area (TPSA) is 83.5 Å². The van der Waals surface area contributed by atoms with Gasteiger partial charge >= 0.3 is 0 Å². The molecule has 1 saturated carbocycles. The Morgan fingerprint density at radius 2 is 1.94 bits per heavy atom. The van der Waals surface area contributed by atoms with E-state index in [4.69, 9.17) is 4.99 Å². The van der Waals surface area contributed by atoms with Gasteiger partial charge in [0.05, 0.1) is 5.69 Å². The molecule has 4 rings (SSSR count). The molecule has 162 valence electrons. The second kappa shape index (κ2) is 9.41. The average Bonchev–Trinajstić information content (AvgIpc) is 3.19. The van der Waals surface area contributed by atoms with Crippen molar-refractivity contribution >= 4 is 23.2 Å². The molecular formula is C25H30N4O2. The minimum atomic E-state index is -0.537. The molecule has 2 aromatic rings. The lowest BCUT2D eigenvalue weighted by molar-refractivity contribution is -0.132. The van der Waals surface area contributed by atoms with Gasteiger partial charge in [-0.2, -0.15) is 0 Å². The first-order chi connectivity index (χ1) is 15.1. The predicted molar refractivity (Wildman–Crippen MR) is 121 cm³/mol. The van der Waals surface area contributed by atoms with Gasteiger partial charge in [0.2, 0.25) is 11.8 Å². The van der Waals surface area contributed by atoms with E-state index in [2.05, 4.69) is 21.7 Å². The summed E-state index contributed by atoms with van der Waals surface area (Å²) < 4.78 is 0. The molecule has 1 aromatic heterocycles. The first-order valence-corrected chi connectivity index (χ1v) is 11.2. The van der Waals surface area contributed by atoms with Gasteiger partial charge < -0.3 is 10.6 Å². The van der Waals surface area contributed by atoms with E-state index < -0.39 is 6.04 Å². The number of para-hydroxylation sites is 1. The van der Waals surface area contributed by atoms with Crippen LogP contribution in [0.15, 0.2) is 53.8 Å². The molecule has 0 radical (unpaired) electrons. The predicted octanol–water partition coefficient (Wildman–Crippen LogP) is 3.90. The van der Waals surface area contributed by atoms with Crippen LogP contribution in [0.2, 0.25) is 0 Å². The minimum Gasteiger partial charge on any atom is -0.350 e. The molecule has 2 N–H and O–H groups in total. The Hall–Kier alpha value is -3.02. The Morgan fingerprint density at radius 1 is 1.16 bits per heavy atom. The zero-order valence-corrected chi connectivity index (χ0v) is 18.2.